The lowest BCUT2D eigenvalue weighted by atomic mass is 9.66. The largest absolute Gasteiger partial charge is 0.457 e. The number of nitrogens with zero attached hydrogens (tertiary/aromatic N) is 2. The highest BCUT2D eigenvalue weighted by Crippen LogP contribution is 2.62. The second-order valence-corrected chi connectivity index (χ2v) is 14.8. The van der Waals surface area contributed by atoms with Gasteiger partial charge in [0, 0.05) is 28.2 Å². The van der Waals surface area contributed by atoms with E-state index in [-0.39, 0.29) is 5.92 Å². The number of fused-ring (bicyclic) bond motifs is 9. The number of allylic oxidation sites excluding steroid dienone is 4. The Labute approximate surface area is 327 Å². The highest BCUT2D eigenvalue weighted by atomic mass is 16.5. The lowest BCUT2D eigenvalue weighted by Gasteiger charge is -2.39. The van der Waals surface area contributed by atoms with Crippen molar-refractivity contribution in [2.45, 2.75) is 17.8 Å². The van der Waals surface area contributed by atoms with Gasteiger partial charge in [0.05, 0.1) is 16.8 Å². The standard InChI is InChI=1S/C53H36N2O/c1-3-13-38(14-4-1)48-34-49(55-52(54-48)40-15-5-2-6-16-40)39-29-27-36(28-30-39)35-23-25-37(26-24-35)41-31-32-51-47(33-41)53(46-21-11-12-22-50(46)56-51)44-19-9-7-17-42(44)43-18-8-10-20-45(43)53/h1-13,15-34,38H,14H2. The molecule has 0 fully saturated rings. The number of rotatable bonds is 5. The van der Waals surface area contributed by atoms with Crippen LogP contribution >= 0.6 is 0 Å². The van der Waals surface area contributed by atoms with E-state index in [0.29, 0.717) is 0 Å². The second-order valence-electron chi connectivity index (χ2n) is 14.8. The summed E-state index contributed by atoms with van der Waals surface area (Å²) in [5, 5.41) is 0. The van der Waals surface area contributed by atoms with Crippen LogP contribution in [0.4, 0.5) is 0 Å². The van der Waals surface area contributed by atoms with E-state index in [2.05, 4.69) is 182 Å². The Hall–Kier alpha value is -7.10. The molecule has 8 aromatic rings. The summed E-state index contributed by atoms with van der Waals surface area (Å²) in [5.74, 6) is 2.79. The molecule has 11 rings (SSSR count). The van der Waals surface area contributed by atoms with E-state index in [1.807, 2.05) is 18.2 Å². The summed E-state index contributed by atoms with van der Waals surface area (Å²) in [6.45, 7) is 0. The fraction of sp³-hybridized carbons (Fsp3) is 0.0566. The Balaban J connectivity index is 0.943. The zero-order chi connectivity index (χ0) is 37.1. The zero-order valence-corrected chi connectivity index (χ0v) is 30.6. The fourth-order valence-corrected chi connectivity index (χ4v) is 9.04. The van der Waals surface area contributed by atoms with E-state index in [1.165, 1.54) is 33.4 Å². The van der Waals surface area contributed by atoms with Crippen LogP contribution in [0, 0.1) is 0 Å². The van der Waals surface area contributed by atoms with Crippen molar-refractivity contribution in [2.24, 2.45) is 0 Å². The maximum atomic E-state index is 6.66. The Morgan fingerprint density at radius 1 is 0.446 bits per heavy atom. The fourth-order valence-electron chi connectivity index (χ4n) is 9.04. The topological polar surface area (TPSA) is 35.0 Å². The van der Waals surface area contributed by atoms with Crippen LogP contribution in [0.1, 0.15) is 40.3 Å². The number of ether oxygens (including phenoxy) is 1. The molecule has 7 aromatic carbocycles. The smallest absolute Gasteiger partial charge is 0.160 e. The molecule has 1 spiro atoms. The summed E-state index contributed by atoms with van der Waals surface area (Å²) in [4.78, 5) is 10.1. The van der Waals surface area contributed by atoms with Gasteiger partial charge in [0.2, 0.25) is 0 Å². The molecule has 2 heterocycles. The minimum absolute atomic E-state index is 0.232. The summed E-state index contributed by atoms with van der Waals surface area (Å²) in [6.07, 6.45) is 9.59. The van der Waals surface area contributed by atoms with Crippen LogP contribution in [-0.4, -0.2) is 9.97 Å². The van der Waals surface area contributed by atoms with Crippen LogP contribution in [0.25, 0.3) is 56.0 Å². The number of hydrogen-bond acceptors (Lipinski definition) is 3. The van der Waals surface area contributed by atoms with Crippen LogP contribution in [0.2, 0.25) is 0 Å². The number of para-hydroxylation sites is 1. The normalized spacial score (nSPS) is 15.4. The first-order chi connectivity index (χ1) is 27.7. The van der Waals surface area contributed by atoms with Gasteiger partial charge in [0.15, 0.2) is 5.82 Å². The maximum absolute atomic E-state index is 6.66. The number of benzene rings is 7. The summed E-state index contributed by atoms with van der Waals surface area (Å²) in [5.41, 5.74) is 15.7. The molecule has 0 N–H and O–H groups in total. The van der Waals surface area contributed by atoms with Gasteiger partial charge in [-0.25, -0.2) is 9.97 Å². The Kier molecular flexibility index (Phi) is 7.53. The van der Waals surface area contributed by atoms with Gasteiger partial charge in [-0.3, -0.25) is 0 Å². The monoisotopic (exact) mass is 716 g/mol. The first kappa shape index (κ1) is 32.3. The Morgan fingerprint density at radius 3 is 1.70 bits per heavy atom. The van der Waals surface area contributed by atoms with Gasteiger partial charge in [0.1, 0.15) is 11.5 Å². The SMILES string of the molecule is C1=CCC(c2cc(-c3ccc(-c4ccc(-c5ccc6c(c5)C5(c7ccccc7O6)c6ccccc6-c6ccccc65)cc4)cc3)nc(-c3ccccc3)n2)C=C1. The molecule has 3 aliphatic rings. The molecule has 264 valence electrons. The minimum atomic E-state index is -0.481. The van der Waals surface area contributed by atoms with Crippen molar-refractivity contribution in [3.05, 3.63) is 228 Å². The number of aromatic nitrogens is 2. The van der Waals surface area contributed by atoms with Crippen LogP contribution in [0.5, 0.6) is 11.5 Å². The first-order valence-electron chi connectivity index (χ1n) is 19.3. The van der Waals surface area contributed by atoms with Gasteiger partial charge in [-0.2, -0.15) is 0 Å². The summed E-state index contributed by atoms with van der Waals surface area (Å²) in [7, 11) is 0. The molecule has 3 heteroatoms. The van der Waals surface area contributed by atoms with Crippen molar-refractivity contribution in [3.63, 3.8) is 0 Å². The van der Waals surface area contributed by atoms with E-state index in [0.717, 1.165) is 68.5 Å². The predicted molar refractivity (Wildman–Crippen MR) is 227 cm³/mol. The summed E-state index contributed by atoms with van der Waals surface area (Å²) < 4.78 is 6.66. The summed E-state index contributed by atoms with van der Waals surface area (Å²) >= 11 is 0. The average molecular weight is 717 g/mol. The highest BCUT2D eigenvalue weighted by molar-refractivity contribution is 5.89. The van der Waals surface area contributed by atoms with E-state index < -0.39 is 5.41 Å². The third-order valence-corrected chi connectivity index (χ3v) is 11.7. The molecule has 0 saturated heterocycles. The molecule has 56 heavy (non-hydrogen) atoms. The molecule has 1 aromatic heterocycles. The average Bonchev–Trinajstić information content (AvgIpc) is 3.57. The van der Waals surface area contributed by atoms with Crippen molar-refractivity contribution in [1.82, 2.24) is 9.97 Å². The Bertz CT molecular complexity index is 2810. The molecule has 0 bridgehead atoms. The summed E-state index contributed by atoms with van der Waals surface area (Å²) in [6, 6.07) is 63.1. The zero-order valence-electron chi connectivity index (χ0n) is 30.6. The van der Waals surface area contributed by atoms with E-state index in [1.54, 1.807) is 0 Å². The molecule has 1 unspecified atom stereocenters. The van der Waals surface area contributed by atoms with Crippen LogP contribution < -0.4 is 4.74 Å². The lowest BCUT2D eigenvalue weighted by molar-refractivity contribution is 0.436. The van der Waals surface area contributed by atoms with Gasteiger partial charge < -0.3 is 4.74 Å². The molecule has 3 nitrogen and oxygen atoms in total. The van der Waals surface area contributed by atoms with Gasteiger partial charge in [-0.15, -0.1) is 0 Å². The van der Waals surface area contributed by atoms with Crippen LogP contribution in [0.15, 0.2) is 200 Å². The maximum Gasteiger partial charge on any atom is 0.160 e. The van der Waals surface area contributed by atoms with Gasteiger partial charge >= 0.3 is 0 Å². The van der Waals surface area contributed by atoms with Crippen LogP contribution in [-0.2, 0) is 5.41 Å². The van der Waals surface area contributed by atoms with Crippen molar-refractivity contribution in [2.75, 3.05) is 0 Å². The highest BCUT2D eigenvalue weighted by Gasteiger charge is 2.51. The lowest BCUT2D eigenvalue weighted by Crippen LogP contribution is -2.32. The molecule has 0 saturated carbocycles. The second kappa shape index (κ2) is 13.0. The van der Waals surface area contributed by atoms with Gasteiger partial charge in [0.25, 0.3) is 0 Å². The minimum Gasteiger partial charge on any atom is -0.457 e. The molecule has 0 radical (unpaired) electrons. The molecule has 0 amide bonds. The van der Waals surface area contributed by atoms with Crippen molar-refractivity contribution in [1.29, 1.82) is 0 Å². The van der Waals surface area contributed by atoms with Gasteiger partial charge in [-0.1, -0.05) is 176 Å². The number of hydrogen-bond donors (Lipinski definition) is 0. The first-order valence-corrected chi connectivity index (χ1v) is 19.3. The van der Waals surface area contributed by atoms with Crippen LogP contribution in [0.3, 0.4) is 0 Å². The third kappa shape index (κ3) is 5.12. The molecule has 2 aliphatic carbocycles. The Morgan fingerprint density at radius 2 is 1.02 bits per heavy atom. The molecule has 1 aliphatic heterocycles. The van der Waals surface area contributed by atoms with E-state index >= 15 is 0 Å². The quantitative estimate of drug-likeness (QED) is 0.178. The van der Waals surface area contributed by atoms with Crippen molar-refractivity contribution < 1.29 is 4.74 Å². The van der Waals surface area contributed by atoms with Crippen molar-refractivity contribution in [3.8, 4) is 67.5 Å². The predicted octanol–water partition coefficient (Wildman–Crippen LogP) is 13.2. The van der Waals surface area contributed by atoms with Gasteiger partial charge in [-0.05, 0) is 75.2 Å². The molecular weight excluding hydrogens is 681 g/mol. The van der Waals surface area contributed by atoms with E-state index in [4.69, 9.17) is 14.7 Å². The third-order valence-electron chi connectivity index (χ3n) is 11.7. The van der Waals surface area contributed by atoms with E-state index in [9.17, 15) is 0 Å². The molecular formula is C53H36N2O. The molecule has 1 atom stereocenters. The van der Waals surface area contributed by atoms with Crippen molar-refractivity contribution >= 4 is 0 Å².